The van der Waals surface area contributed by atoms with Gasteiger partial charge < -0.3 is 15.7 Å². The summed E-state index contributed by atoms with van der Waals surface area (Å²) in [6, 6.07) is 0. The van der Waals surface area contributed by atoms with Crippen LogP contribution in [0.25, 0.3) is 0 Å². The first-order valence-corrected chi connectivity index (χ1v) is 6.36. The van der Waals surface area contributed by atoms with Gasteiger partial charge in [-0.1, -0.05) is 6.92 Å². The molecule has 0 aromatic heterocycles. The summed E-state index contributed by atoms with van der Waals surface area (Å²) in [5.41, 5.74) is 1.20. The van der Waals surface area contributed by atoms with Gasteiger partial charge in [0.15, 0.2) is 5.54 Å². The summed E-state index contributed by atoms with van der Waals surface area (Å²) in [6.45, 7) is 2.30. The summed E-state index contributed by atoms with van der Waals surface area (Å²) >= 11 is 0. The highest BCUT2D eigenvalue weighted by Crippen LogP contribution is 2.37. The molecule has 0 aliphatic carbocycles. The maximum atomic E-state index is 12.7. The van der Waals surface area contributed by atoms with Crippen LogP contribution in [0, 0.1) is 5.41 Å². The van der Waals surface area contributed by atoms with Crippen molar-refractivity contribution in [1.29, 1.82) is 0 Å². The molecule has 3 N–H and O–H groups in total. The van der Waals surface area contributed by atoms with Crippen molar-refractivity contribution in [3.63, 3.8) is 0 Å². The number of carboxylic acids is 1. The van der Waals surface area contributed by atoms with E-state index in [1.165, 1.54) is 0 Å². The number of nitrogens with zero attached hydrogens (tertiary/aromatic N) is 1. The van der Waals surface area contributed by atoms with Crippen LogP contribution in [-0.4, -0.2) is 46.7 Å². The van der Waals surface area contributed by atoms with E-state index in [4.69, 9.17) is 5.73 Å². The lowest BCUT2D eigenvalue weighted by atomic mass is 9.76. The molecule has 0 radical (unpaired) electrons. The first-order chi connectivity index (χ1) is 8.98. The van der Waals surface area contributed by atoms with Crippen LogP contribution in [-0.2, 0) is 9.59 Å². The first-order valence-electron chi connectivity index (χ1n) is 6.36. The number of amides is 1. The van der Waals surface area contributed by atoms with Crippen molar-refractivity contribution in [2.24, 2.45) is 11.1 Å². The van der Waals surface area contributed by atoms with E-state index >= 15 is 0 Å². The molecule has 0 saturated carbocycles. The third-order valence-corrected chi connectivity index (χ3v) is 4.17. The molecule has 0 aromatic rings. The third kappa shape index (κ3) is 2.74. The Morgan fingerprint density at radius 3 is 2.05 bits per heavy atom. The molecule has 1 fully saturated rings. The van der Waals surface area contributed by atoms with E-state index in [1.807, 2.05) is 0 Å². The van der Waals surface area contributed by atoms with Crippen molar-refractivity contribution in [2.75, 3.05) is 13.1 Å². The average Bonchev–Trinajstić information content (AvgIpc) is 2.36. The predicted octanol–water partition coefficient (Wildman–Crippen LogP) is 1.37. The minimum atomic E-state index is -4.84. The largest absolute Gasteiger partial charge is 0.481 e. The van der Waals surface area contributed by atoms with Crippen LogP contribution in [0.3, 0.4) is 0 Å². The number of hydrogen-bond donors (Lipinski definition) is 2. The molecule has 1 unspecified atom stereocenters. The van der Waals surface area contributed by atoms with E-state index in [-0.39, 0.29) is 25.9 Å². The van der Waals surface area contributed by atoms with E-state index in [1.54, 1.807) is 6.92 Å². The fourth-order valence-electron chi connectivity index (χ4n) is 2.31. The Balaban J connectivity index is 2.80. The summed E-state index contributed by atoms with van der Waals surface area (Å²) in [7, 11) is 0. The molecule has 1 rings (SSSR count). The second kappa shape index (κ2) is 5.23. The number of carboxylic acid groups (broad SMARTS) is 1. The Bertz CT molecular complexity index is 399. The monoisotopic (exact) mass is 296 g/mol. The number of carbonyl (C=O) groups is 2. The van der Waals surface area contributed by atoms with Gasteiger partial charge in [0.2, 0.25) is 0 Å². The van der Waals surface area contributed by atoms with Crippen LogP contribution in [0.2, 0.25) is 0 Å². The van der Waals surface area contributed by atoms with E-state index in [0.29, 0.717) is 13.3 Å². The number of rotatable bonds is 3. The predicted molar refractivity (Wildman–Crippen MR) is 64.8 cm³/mol. The smallest absolute Gasteiger partial charge is 0.415 e. The molecule has 1 atom stereocenters. The van der Waals surface area contributed by atoms with Gasteiger partial charge in [0.1, 0.15) is 0 Å². The maximum absolute atomic E-state index is 12.7. The van der Waals surface area contributed by atoms with Gasteiger partial charge in [0.05, 0.1) is 5.41 Å². The van der Waals surface area contributed by atoms with Crippen molar-refractivity contribution in [3.05, 3.63) is 0 Å². The van der Waals surface area contributed by atoms with E-state index < -0.39 is 29.0 Å². The lowest BCUT2D eigenvalue weighted by Gasteiger charge is -2.41. The molecule has 0 aromatic carbocycles. The molecule has 0 bridgehead atoms. The minimum absolute atomic E-state index is 0.0259. The zero-order valence-electron chi connectivity index (χ0n) is 11.5. The van der Waals surface area contributed by atoms with Crippen LogP contribution in [0.1, 0.15) is 33.1 Å². The number of alkyl halides is 3. The Labute approximate surface area is 114 Å². The van der Waals surface area contributed by atoms with Gasteiger partial charge in [-0.15, -0.1) is 0 Å². The standard InChI is InChI=1S/C12H19F3N2O3/c1-3-11(9(19)20)4-6-17(7-5-11)8(18)10(2,16)12(13,14)15/h3-7,16H2,1-2H3,(H,19,20). The van der Waals surface area contributed by atoms with Crippen molar-refractivity contribution in [3.8, 4) is 0 Å². The fourth-order valence-corrected chi connectivity index (χ4v) is 2.31. The molecule has 1 heterocycles. The molecular formula is C12H19F3N2O3. The van der Waals surface area contributed by atoms with Crippen LogP contribution in [0.15, 0.2) is 0 Å². The second-order valence-corrected chi connectivity index (χ2v) is 5.43. The molecular weight excluding hydrogens is 277 g/mol. The third-order valence-electron chi connectivity index (χ3n) is 4.17. The SMILES string of the molecule is CCC1(C(=O)O)CCN(C(=O)C(C)(N)C(F)(F)F)CC1. The number of aliphatic carboxylic acids is 1. The quantitative estimate of drug-likeness (QED) is 0.824. The van der Waals surface area contributed by atoms with Gasteiger partial charge in [0.25, 0.3) is 5.91 Å². The Hall–Kier alpha value is -1.31. The van der Waals surface area contributed by atoms with Gasteiger partial charge in [-0.05, 0) is 26.2 Å². The number of halogens is 3. The number of nitrogens with two attached hydrogens (primary N) is 1. The molecule has 1 aliphatic heterocycles. The molecule has 5 nitrogen and oxygen atoms in total. The Morgan fingerprint density at radius 2 is 1.75 bits per heavy atom. The molecule has 1 amide bonds. The highest BCUT2D eigenvalue weighted by atomic mass is 19.4. The summed E-state index contributed by atoms with van der Waals surface area (Å²) < 4.78 is 38.2. The van der Waals surface area contributed by atoms with Crippen LogP contribution >= 0.6 is 0 Å². The van der Waals surface area contributed by atoms with Gasteiger partial charge in [-0.2, -0.15) is 13.2 Å². The number of hydrogen-bond acceptors (Lipinski definition) is 3. The number of carbonyl (C=O) groups excluding carboxylic acids is 1. The highest BCUT2D eigenvalue weighted by Gasteiger charge is 2.56. The van der Waals surface area contributed by atoms with Crippen molar-refractivity contribution in [2.45, 2.75) is 44.8 Å². The average molecular weight is 296 g/mol. The zero-order chi connectivity index (χ0) is 15.8. The second-order valence-electron chi connectivity index (χ2n) is 5.43. The molecule has 20 heavy (non-hydrogen) atoms. The van der Waals surface area contributed by atoms with Crippen molar-refractivity contribution < 1.29 is 27.9 Å². The normalized spacial score (nSPS) is 22.2. The maximum Gasteiger partial charge on any atom is 0.415 e. The van der Waals surface area contributed by atoms with E-state index in [0.717, 1.165) is 4.90 Å². The Morgan fingerprint density at radius 1 is 1.30 bits per heavy atom. The van der Waals surface area contributed by atoms with Gasteiger partial charge >= 0.3 is 12.1 Å². The summed E-state index contributed by atoms with van der Waals surface area (Å²) in [5.74, 6) is -2.18. The van der Waals surface area contributed by atoms with Crippen LogP contribution < -0.4 is 5.73 Å². The van der Waals surface area contributed by atoms with Gasteiger partial charge in [-0.25, -0.2) is 0 Å². The van der Waals surface area contributed by atoms with Crippen molar-refractivity contribution in [1.82, 2.24) is 4.90 Å². The van der Waals surface area contributed by atoms with Crippen LogP contribution in [0.5, 0.6) is 0 Å². The topological polar surface area (TPSA) is 83.6 Å². The summed E-state index contributed by atoms with van der Waals surface area (Å²) in [6.07, 6.45) is -4.18. The number of piperidine rings is 1. The van der Waals surface area contributed by atoms with E-state index in [2.05, 4.69) is 0 Å². The molecule has 116 valence electrons. The molecule has 8 heteroatoms. The summed E-state index contributed by atoms with van der Waals surface area (Å²) in [4.78, 5) is 24.1. The Kier molecular flexibility index (Phi) is 4.38. The molecule has 0 spiro atoms. The van der Waals surface area contributed by atoms with Gasteiger partial charge in [-0.3, -0.25) is 9.59 Å². The van der Waals surface area contributed by atoms with Gasteiger partial charge in [0, 0.05) is 13.1 Å². The number of likely N-dealkylation sites (tertiary alicyclic amines) is 1. The fraction of sp³-hybridized carbons (Fsp3) is 0.833. The first kappa shape index (κ1) is 16.7. The minimum Gasteiger partial charge on any atom is -0.481 e. The molecule has 1 aliphatic rings. The zero-order valence-corrected chi connectivity index (χ0v) is 11.5. The molecule has 1 saturated heterocycles. The van der Waals surface area contributed by atoms with E-state index in [9.17, 15) is 27.9 Å². The highest BCUT2D eigenvalue weighted by molar-refractivity contribution is 5.87. The van der Waals surface area contributed by atoms with Crippen molar-refractivity contribution >= 4 is 11.9 Å². The van der Waals surface area contributed by atoms with Crippen LogP contribution in [0.4, 0.5) is 13.2 Å². The lowest BCUT2D eigenvalue weighted by molar-refractivity contribution is -0.195. The lowest BCUT2D eigenvalue weighted by Crippen LogP contribution is -2.63. The summed E-state index contributed by atoms with van der Waals surface area (Å²) in [5, 5.41) is 9.19.